The Morgan fingerprint density at radius 3 is 2.23 bits per heavy atom. The van der Waals surface area contributed by atoms with E-state index in [0.29, 0.717) is 12.3 Å². The smallest absolute Gasteiger partial charge is 0.321 e. The Morgan fingerprint density at radius 2 is 1.69 bits per heavy atom. The van der Waals surface area contributed by atoms with Crippen LogP contribution in [0.3, 0.4) is 0 Å². The van der Waals surface area contributed by atoms with Crippen LogP contribution in [0.5, 0.6) is 0 Å². The molecule has 0 aromatic rings. The van der Waals surface area contributed by atoms with Crippen molar-refractivity contribution in [3.63, 3.8) is 0 Å². The zero-order chi connectivity index (χ0) is 10.1. The van der Waals surface area contributed by atoms with Gasteiger partial charge in [-0.15, -0.1) is 23.2 Å². The Bertz CT molecular complexity index is 140. The summed E-state index contributed by atoms with van der Waals surface area (Å²) in [5.74, 6) is -0.199. The van der Waals surface area contributed by atoms with Crippen molar-refractivity contribution in [3.8, 4) is 0 Å². The van der Waals surface area contributed by atoms with Crippen LogP contribution in [0, 0.1) is 0 Å². The van der Waals surface area contributed by atoms with Crippen LogP contribution in [0.1, 0.15) is 38.5 Å². The van der Waals surface area contributed by atoms with Gasteiger partial charge in [0.1, 0.15) is 5.38 Å². The number of hydrogen-bond donors (Lipinski definition) is 1. The predicted octanol–water partition coefficient (Wildman–Crippen LogP) is 3.26. The SMILES string of the molecule is O=C(O)C(Cl)CCCCCCCCl. The summed E-state index contributed by atoms with van der Waals surface area (Å²) < 4.78 is 0. The van der Waals surface area contributed by atoms with Gasteiger partial charge in [0.15, 0.2) is 0 Å². The van der Waals surface area contributed by atoms with Crippen LogP contribution in [0.25, 0.3) is 0 Å². The Hall–Kier alpha value is 0.0500. The highest BCUT2D eigenvalue weighted by atomic mass is 35.5. The molecule has 0 saturated carbocycles. The molecule has 78 valence electrons. The minimum absolute atomic E-state index is 0.567. The highest BCUT2D eigenvalue weighted by Gasteiger charge is 2.11. The standard InChI is InChI=1S/C9H16Cl2O2/c10-7-5-3-1-2-4-6-8(11)9(12)13/h8H,1-7H2,(H,12,13). The lowest BCUT2D eigenvalue weighted by Gasteiger charge is -2.03. The van der Waals surface area contributed by atoms with Crippen LogP contribution >= 0.6 is 23.2 Å². The number of rotatable bonds is 8. The maximum absolute atomic E-state index is 10.3. The Kier molecular flexibility index (Phi) is 8.67. The topological polar surface area (TPSA) is 37.3 Å². The second-order valence-corrected chi connectivity index (χ2v) is 3.96. The molecule has 1 N–H and O–H groups in total. The number of alkyl halides is 2. The van der Waals surface area contributed by atoms with Crippen molar-refractivity contribution in [3.05, 3.63) is 0 Å². The van der Waals surface area contributed by atoms with Crippen LogP contribution in [-0.4, -0.2) is 22.3 Å². The van der Waals surface area contributed by atoms with Crippen LogP contribution in [-0.2, 0) is 4.79 Å². The first-order valence-electron chi connectivity index (χ1n) is 4.61. The molecule has 0 rings (SSSR count). The van der Waals surface area contributed by atoms with Crippen molar-refractivity contribution in [2.45, 2.75) is 43.9 Å². The van der Waals surface area contributed by atoms with Crippen molar-refractivity contribution in [2.75, 3.05) is 5.88 Å². The summed E-state index contributed by atoms with van der Waals surface area (Å²) in [6.45, 7) is 0. The van der Waals surface area contributed by atoms with Gasteiger partial charge in [0.25, 0.3) is 0 Å². The van der Waals surface area contributed by atoms with E-state index < -0.39 is 11.3 Å². The van der Waals surface area contributed by atoms with E-state index in [0.717, 1.165) is 32.1 Å². The Morgan fingerprint density at radius 1 is 1.15 bits per heavy atom. The molecule has 0 radical (unpaired) electrons. The third-order valence-electron chi connectivity index (χ3n) is 1.86. The lowest BCUT2D eigenvalue weighted by Crippen LogP contribution is -2.12. The van der Waals surface area contributed by atoms with E-state index in [1.165, 1.54) is 0 Å². The molecular formula is C9H16Cl2O2. The van der Waals surface area contributed by atoms with Gasteiger partial charge in [-0.1, -0.05) is 25.7 Å². The van der Waals surface area contributed by atoms with E-state index in [1.807, 2.05) is 0 Å². The number of aliphatic carboxylic acids is 1. The zero-order valence-electron chi connectivity index (χ0n) is 7.64. The molecule has 13 heavy (non-hydrogen) atoms. The van der Waals surface area contributed by atoms with Crippen LogP contribution in [0.2, 0.25) is 0 Å². The fourth-order valence-corrected chi connectivity index (χ4v) is 1.42. The monoisotopic (exact) mass is 226 g/mol. The van der Waals surface area contributed by atoms with E-state index >= 15 is 0 Å². The summed E-state index contributed by atoms with van der Waals surface area (Å²) in [5, 5.41) is 7.76. The summed E-state index contributed by atoms with van der Waals surface area (Å²) in [6.07, 6.45) is 5.80. The highest BCUT2D eigenvalue weighted by Crippen LogP contribution is 2.11. The van der Waals surface area contributed by atoms with E-state index in [-0.39, 0.29) is 0 Å². The van der Waals surface area contributed by atoms with Gasteiger partial charge in [0, 0.05) is 5.88 Å². The molecule has 0 aliphatic carbocycles. The Labute approximate surface area is 89.2 Å². The van der Waals surface area contributed by atoms with Crippen LogP contribution in [0.4, 0.5) is 0 Å². The van der Waals surface area contributed by atoms with Gasteiger partial charge in [0.2, 0.25) is 0 Å². The minimum atomic E-state index is -0.914. The molecule has 0 aliphatic rings. The molecule has 0 heterocycles. The highest BCUT2D eigenvalue weighted by molar-refractivity contribution is 6.29. The van der Waals surface area contributed by atoms with Crippen LogP contribution in [0.15, 0.2) is 0 Å². The summed E-state index contributed by atoms with van der Waals surface area (Å²) in [6, 6.07) is 0. The van der Waals surface area contributed by atoms with Crippen LogP contribution < -0.4 is 0 Å². The number of hydrogen-bond acceptors (Lipinski definition) is 1. The first kappa shape index (κ1) is 13.1. The molecule has 0 bridgehead atoms. The van der Waals surface area contributed by atoms with Gasteiger partial charge in [-0.25, -0.2) is 0 Å². The van der Waals surface area contributed by atoms with E-state index in [4.69, 9.17) is 28.3 Å². The fourth-order valence-electron chi connectivity index (χ4n) is 1.07. The van der Waals surface area contributed by atoms with E-state index in [2.05, 4.69) is 0 Å². The van der Waals surface area contributed by atoms with Gasteiger partial charge >= 0.3 is 5.97 Å². The number of unbranched alkanes of at least 4 members (excludes halogenated alkanes) is 4. The summed E-state index contributed by atoms with van der Waals surface area (Å²) in [4.78, 5) is 10.3. The largest absolute Gasteiger partial charge is 0.480 e. The fraction of sp³-hybridized carbons (Fsp3) is 0.889. The Balaban J connectivity index is 3.11. The quantitative estimate of drug-likeness (QED) is 0.510. The van der Waals surface area contributed by atoms with Crippen molar-refractivity contribution in [1.29, 1.82) is 0 Å². The number of halogens is 2. The third-order valence-corrected chi connectivity index (χ3v) is 2.53. The normalized spacial score (nSPS) is 12.8. The maximum Gasteiger partial charge on any atom is 0.321 e. The van der Waals surface area contributed by atoms with E-state index in [1.54, 1.807) is 0 Å². The molecule has 0 saturated heterocycles. The van der Waals surface area contributed by atoms with Crippen molar-refractivity contribution < 1.29 is 9.90 Å². The minimum Gasteiger partial charge on any atom is -0.480 e. The molecule has 0 fully saturated rings. The van der Waals surface area contributed by atoms with Crippen molar-refractivity contribution in [1.82, 2.24) is 0 Å². The molecule has 0 aromatic carbocycles. The molecule has 0 aliphatic heterocycles. The second-order valence-electron chi connectivity index (χ2n) is 3.05. The average molecular weight is 227 g/mol. The van der Waals surface area contributed by atoms with Crippen molar-refractivity contribution >= 4 is 29.2 Å². The molecular weight excluding hydrogens is 211 g/mol. The second kappa shape index (κ2) is 8.64. The molecule has 4 heteroatoms. The molecule has 0 aromatic heterocycles. The van der Waals surface area contributed by atoms with Crippen molar-refractivity contribution in [2.24, 2.45) is 0 Å². The van der Waals surface area contributed by atoms with Gasteiger partial charge in [-0.3, -0.25) is 4.79 Å². The third kappa shape index (κ3) is 8.38. The maximum atomic E-state index is 10.3. The predicted molar refractivity (Wildman–Crippen MR) is 55.7 cm³/mol. The molecule has 0 spiro atoms. The summed E-state index contributed by atoms with van der Waals surface area (Å²) in [7, 11) is 0. The first-order valence-corrected chi connectivity index (χ1v) is 5.58. The average Bonchev–Trinajstić information content (AvgIpc) is 2.10. The number of carbonyl (C=O) groups is 1. The molecule has 1 unspecified atom stereocenters. The van der Waals surface area contributed by atoms with E-state index in [9.17, 15) is 4.79 Å². The summed E-state index contributed by atoms with van der Waals surface area (Å²) in [5.41, 5.74) is 0. The van der Waals surface area contributed by atoms with Gasteiger partial charge in [-0.05, 0) is 12.8 Å². The first-order chi connectivity index (χ1) is 6.18. The number of carboxylic acid groups (broad SMARTS) is 1. The lowest BCUT2D eigenvalue weighted by atomic mass is 10.1. The zero-order valence-corrected chi connectivity index (χ0v) is 9.15. The number of carboxylic acids is 1. The lowest BCUT2D eigenvalue weighted by molar-refractivity contribution is -0.136. The summed E-state index contributed by atoms with van der Waals surface area (Å²) >= 11 is 11.0. The molecule has 0 amide bonds. The molecule has 1 atom stereocenters. The molecule has 2 nitrogen and oxygen atoms in total. The van der Waals surface area contributed by atoms with Gasteiger partial charge in [0.05, 0.1) is 0 Å². The van der Waals surface area contributed by atoms with Gasteiger partial charge < -0.3 is 5.11 Å². The van der Waals surface area contributed by atoms with Gasteiger partial charge in [-0.2, -0.15) is 0 Å².